The van der Waals surface area contributed by atoms with Crippen LogP contribution in [0.3, 0.4) is 0 Å². The van der Waals surface area contributed by atoms with Gasteiger partial charge in [-0.3, -0.25) is 0 Å². The molecule has 2 aliphatic rings. The first-order valence-corrected chi connectivity index (χ1v) is 9.49. The lowest BCUT2D eigenvalue weighted by atomic mass is 9.96. The molecule has 0 amide bonds. The summed E-state index contributed by atoms with van der Waals surface area (Å²) < 4.78 is 0. The maximum atomic E-state index is 4.84. The fourth-order valence-electron chi connectivity index (χ4n) is 4.29. The van der Waals surface area contributed by atoms with Crippen molar-refractivity contribution in [2.24, 2.45) is 0 Å². The molecular formula is C20H24N6. The molecule has 1 aromatic carbocycles. The summed E-state index contributed by atoms with van der Waals surface area (Å²) >= 11 is 0. The van der Waals surface area contributed by atoms with Gasteiger partial charge in [-0.05, 0) is 32.0 Å². The van der Waals surface area contributed by atoms with E-state index in [2.05, 4.69) is 50.0 Å². The number of para-hydroxylation sites is 2. The summed E-state index contributed by atoms with van der Waals surface area (Å²) in [6, 6.07) is 8.28. The number of anilines is 1. The molecule has 5 rings (SSSR count). The van der Waals surface area contributed by atoms with E-state index in [1.165, 1.54) is 17.7 Å². The van der Waals surface area contributed by atoms with Crippen LogP contribution >= 0.6 is 0 Å². The van der Waals surface area contributed by atoms with Crippen LogP contribution in [0.4, 0.5) is 5.82 Å². The molecule has 1 unspecified atom stereocenters. The molecular weight excluding hydrogens is 324 g/mol. The monoisotopic (exact) mass is 348 g/mol. The molecule has 1 saturated heterocycles. The van der Waals surface area contributed by atoms with Crippen molar-refractivity contribution in [3.05, 3.63) is 47.7 Å². The summed E-state index contributed by atoms with van der Waals surface area (Å²) in [5.74, 6) is 2.65. The summed E-state index contributed by atoms with van der Waals surface area (Å²) in [4.78, 5) is 22.4. The van der Waals surface area contributed by atoms with Gasteiger partial charge in [0.25, 0.3) is 0 Å². The Morgan fingerprint density at radius 1 is 1.15 bits per heavy atom. The molecule has 0 radical (unpaired) electrons. The zero-order valence-electron chi connectivity index (χ0n) is 15.1. The number of imidazole rings is 1. The van der Waals surface area contributed by atoms with Gasteiger partial charge in [-0.25, -0.2) is 15.0 Å². The number of hydrogen-bond donors (Lipinski definition) is 1. The number of rotatable bonds is 2. The van der Waals surface area contributed by atoms with Crippen LogP contribution in [-0.2, 0) is 13.0 Å². The number of aromatic amines is 1. The average molecular weight is 348 g/mol. The van der Waals surface area contributed by atoms with Crippen LogP contribution < -0.4 is 4.90 Å². The summed E-state index contributed by atoms with van der Waals surface area (Å²) in [7, 11) is 2.17. The van der Waals surface area contributed by atoms with Crippen molar-refractivity contribution >= 4 is 16.9 Å². The Kier molecular flexibility index (Phi) is 3.85. The van der Waals surface area contributed by atoms with Crippen molar-refractivity contribution in [1.29, 1.82) is 0 Å². The fraction of sp³-hybridized carbons (Fsp3) is 0.450. The third kappa shape index (κ3) is 2.74. The number of piperidine rings is 1. The van der Waals surface area contributed by atoms with Crippen molar-refractivity contribution in [3.8, 4) is 0 Å². The number of nitrogens with zero attached hydrogens (tertiary/aromatic N) is 5. The molecule has 6 nitrogen and oxygen atoms in total. The zero-order valence-corrected chi connectivity index (χ0v) is 15.1. The standard InChI is InChI=1S/C20H24N6/c1-25-10-8-16-15(12-25)20(22-13-21-16)26-9-4-5-14(11-26)19-23-17-6-2-3-7-18(17)24-19/h2-3,6-7,13-14H,4-5,8-12H2,1H3,(H,23,24). The molecule has 2 aliphatic heterocycles. The smallest absolute Gasteiger partial charge is 0.136 e. The number of likely N-dealkylation sites (N-methyl/N-ethyl adjacent to an activating group) is 1. The number of aromatic nitrogens is 4. The minimum absolute atomic E-state index is 0.420. The lowest BCUT2D eigenvalue weighted by molar-refractivity contribution is 0.308. The van der Waals surface area contributed by atoms with Gasteiger partial charge >= 0.3 is 0 Å². The van der Waals surface area contributed by atoms with E-state index in [0.717, 1.165) is 61.7 Å². The Morgan fingerprint density at radius 3 is 3.00 bits per heavy atom. The highest BCUT2D eigenvalue weighted by atomic mass is 15.2. The largest absolute Gasteiger partial charge is 0.356 e. The number of hydrogen-bond acceptors (Lipinski definition) is 5. The molecule has 2 aromatic heterocycles. The first-order valence-electron chi connectivity index (χ1n) is 9.49. The summed E-state index contributed by atoms with van der Waals surface area (Å²) in [6.45, 7) is 4.04. The van der Waals surface area contributed by atoms with Crippen molar-refractivity contribution in [3.63, 3.8) is 0 Å². The highest BCUT2D eigenvalue weighted by Crippen LogP contribution is 2.32. The fourth-order valence-corrected chi connectivity index (χ4v) is 4.29. The molecule has 0 bridgehead atoms. The van der Waals surface area contributed by atoms with E-state index in [-0.39, 0.29) is 0 Å². The molecule has 4 heterocycles. The minimum atomic E-state index is 0.420. The third-order valence-electron chi connectivity index (χ3n) is 5.69. The highest BCUT2D eigenvalue weighted by Gasteiger charge is 2.28. The number of H-pyrrole nitrogens is 1. The lowest BCUT2D eigenvalue weighted by Crippen LogP contribution is -2.38. The minimum Gasteiger partial charge on any atom is -0.356 e. The molecule has 3 aromatic rings. The number of benzene rings is 1. The van der Waals surface area contributed by atoms with E-state index in [1.54, 1.807) is 6.33 Å². The molecule has 1 N–H and O–H groups in total. The normalized spacial score (nSPS) is 21.1. The molecule has 134 valence electrons. The maximum absolute atomic E-state index is 4.84. The van der Waals surface area contributed by atoms with Gasteiger partial charge in [0.1, 0.15) is 18.0 Å². The Labute approximate surface area is 153 Å². The second-order valence-corrected chi connectivity index (χ2v) is 7.53. The molecule has 6 heteroatoms. The Morgan fingerprint density at radius 2 is 2.08 bits per heavy atom. The van der Waals surface area contributed by atoms with Crippen molar-refractivity contribution < 1.29 is 0 Å². The number of fused-ring (bicyclic) bond motifs is 2. The third-order valence-corrected chi connectivity index (χ3v) is 5.69. The van der Waals surface area contributed by atoms with Crippen LogP contribution in [0, 0.1) is 0 Å². The Balaban J connectivity index is 1.44. The molecule has 0 spiro atoms. The SMILES string of the molecule is CN1CCc2ncnc(N3CCCC(c4nc5ccccc5[nH]4)C3)c2C1. The molecule has 1 atom stereocenters. The van der Waals surface area contributed by atoms with Crippen LogP contribution in [-0.4, -0.2) is 51.5 Å². The van der Waals surface area contributed by atoms with Crippen LogP contribution in [0.5, 0.6) is 0 Å². The van der Waals surface area contributed by atoms with Crippen LogP contribution in [0.1, 0.15) is 35.8 Å². The van der Waals surface area contributed by atoms with E-state index in [0.29, 0.717) is 5.92 Å². The van der Waals surface area contributed by atoms with Gasteiger partial charge < -0.3 is 14.8 Å². The topological polar surface area (TPSA) is 60.9 Å². The Bertz CT molecular complexity index is 900. The zero-order chi connectivity index (χ0) is 17.5. The van der Waals surface area contributed by atoms with Crippen LogP contribution in [0.15, 0.2) is 30.6 Å². The summed E-state index contributed by atoms with van der Waals surface area (Å²) in [5, 5.41) is 0. The van der Waals surface area contributed by atoms with Gasteiger partial charge in [-0.1, -0.05) is 12.1 Å². The van der Waals surface area contributed by atoms with E-state index in [9.17, 15) is 0 Å². The predicted octanol–water partition coefficient (Wildman–Crippen LogP) is 2.72. The average Bonchev–Trinajstić information content (AvgIpc) is 3.12. The van der Waals surface area contributed by atoms with Crippen molar-refractivity contribution in [2.75, 3.05) is 31.6 Å². The second kappa shape index (κ2) is 6.36. The summed E-state index contributed by atoms with van der Waals surface area (Å²) in [6.07, 6.45) is 5.09. The van der Waals surface area contributed by atoms with Crippen molar-refractivity contribution in [2.45, 2.75) is 31.7 Å². The molecule has 1 fully saturated rings. The summed E-state index contributed by atoms with van der Waals surface area (Å²) in [5.41, 5.74) is 4.71. The van der Waals surface area contributed by atoms with Gasteiger partial charge in [-0.15, -0.1) is 0 Å². The van der Waals surface area contributed by atoms with Gasteiger partial charge in [-0.2, -0.15) is 0 Å². The quantitative estimate of drug-likeness (QED) is 0.772. The van der Waals surface area contributed by atoms with E-state index < -0.39 is 0 Å². The van der Waals surface area contributed by atoms with Gasteiger partial charge in [0.15, 0.2) is 0 Å². The first-order chi connectivity index (χ1) is 12.8. The lowest BCUT2D eigenvalue weighted by Gasteiger charge is -2.35. The highest BCUT2D eigenvalue weighted by molar-refractivity contribution is 5.74. The predicted molar refractivity (Wildman–Crippen MR) is 102 cm³/mol. The first kappa shape index (κ1) is 15.8. The second-order valence-electron chi connectivity index (χ2n) is 7.53. The molecule has 0 saturated carbocycles. The Hall–Kier alpha value is -2.47. The number of nitrogens with one attached hydrogen (secondary N) is 1. The van der Waals surface area contributed by atoms with Crippen LogP contribution in [0.25, 0.3) is 11.0 Å². The van der Waals surface area contributed by atoms with E-state index in [4.69, 9.17) is 4.98 Å². The van der Waals surface area contributed by atoms with Gasteiger partial charge in [0.05, 0.1) is 16.7 Å². The maximum Gasteiger partial charge on any atom is 0.136 e. The van der Waals surface area contributed by atoms with Crippen LogP contribution in [0.2, 0.25) is 0 Å². The van der Waals surface area contributed by atoms with Gasteiger partial charge in [0.2, 0.25) is 0 Å². The van der Waals surface area contributed by atoms with E-state index in [1.807, 2.05) is 6.07 Å². The van der Waals surface area contributed by atoms with E-state index >= 15 is 0 Å². The van der Waals surface area contributed by atoms with Crippen molar-refractivity contribution in [1.82, 2.24) is 24.8 Å². The van der Waals surface area contributed by atoms with Gasteiger partial charge in [0, 0.05) is 44.1 Å². The molecule has 26 heavy (non-hydrogen) atoms. The molecule has 0 aliphatic carbocycles.